The van der Waals surface area contributed by atoms with E-state index in [9.17, 15) is 28.8 Å². The minimum Gasteiger partial charge on any atom is -0.793 e. The monoisotopic (exact) mass is 547 g/mol. The van der Waals surface area contributed by atoms with Crippen LogP contribution in [-0.2, 0) is 35.4 Å². The molecule has 3 radical (unpaired) electrons. The van der Waals surface area contributed by atoms with E-state index in [1.165, 1.54) is 25.3 Å². The average molecular weight is 547 g/mol. The fourth-order valence-corrected chi connectivity index (χ4v) is 1.52. The summed E-state index contributed by atoms with van der Waals surface area (Å²) in [5, 5.41) is 2.75. The maximum absolute atomic E-state index is 10.6. The van der Waals surface area contributed by atoms with Crippen molar-refractivity contribution >= 4 is 32.2 Å². The van der Waals surface area contributed by atoms with Gasteiger partial charge in [-0.15, -0.1) is 0 Å². The van der Waals surface area contributed by atoms with E-state index in [-0.39, 0.29) is 48.1 Å². The molecule has 13 nitrogen and oxygen atoms in total. The first-order valence-corrected chi connectivity index (χ1v) is 10.1. The molecule has 207 valence electrons. The molecule has 0 aromatic carbocycles. The number of aromatic nitrogens is 2. The van der Waals surface area contributed by atoms with Crippen LogP contribution in [0.2, 0.25) is 0 Å². The number of rotatable bonds is 3. The number of aldehydes is 1. The van der Waals surface area contributed by atoms with Gasteiger partial charge in [-0.25, -0.2) is 19.4 Å². The second-order valence-electron chi connectivity index (χ2n) is 6.66. The summed E-state index contributed by atoms with van der Waals surface area (Å²) >= 11 is 0. The molecule has 2 aromatic heterocycles. The predicted octanol–water partition coefficient (Wildman–Crippen LogP) is -2.24. The third-order valence-electron chi connectivity index (χ3n) is 2.73. The minimum atomic E-state index is -0.639. The number of pyridine rings is 2. The maximum atomic E-state index is 10.6. The Morgan fingerprint density at radius 1 is 0.895 bits per heavy atom. The van der Waals surface area contributed by atoms with Crippen molar-refractivity contribution in [1.82, 2.24) is 20.2 Å². The van der Waals surface area contributed by atoms with E-state index in [0.717, 1.165) is 26.0 Å². The van der Waals surface area contributed by atoms with Crippen molar-refractivity contribution in [1.29, 1.82) is 0 Å². The molecular formula is C23H37BN4NaO9. The molecule has 38 heavy (non-hydrogen) atoms. The van der Waals surface area contributed by atoms with Gasteiger partial charge in [0.15, 0.2) is 6.29 Å². The van der Waals surface area contributed by atoms with Gasteiger partial charge in [0.25, 0.3) is 0 Å². The zero-order valence-electron chi connectivity index (χ0n) is 22.4. The van der Waals surface area contributed by atoms with E-state index in [4.69, 9.17) is 0 Å². The van der Waals surface area contributed by atoms with Gasteiger partial charge in [-0.3, -0.25) is 19.2 Å². The molecule has 15 heteroatoms. The van der Waals surface area contributed by atoms with E-state index in [2.05, 4.69) is 37.8 Å². The number of hydrogen-bond acceptors (Lipinski definition) is 11. The first kappa shape index (κ1) is 44.9. The molecule has 0 spiro atoms. The van der Waals surface area contributed by atoms with Gasteiger partial charge in [0.05, 0.1) is 0 Å². The second-order valence-corrected chi connectivity index (χ2v) is 6.66. The first-order chi connectivity index (χ1) is 16.8. The van der Waals surface area contributed by atoms with Crippen LogP contribution in [0.5, 0.6) is 0 Å². The Morgan fingerprint density at radius 3 is 1.53 bits per heavy atom. The predicted molar refractivity (Wildman–Crippen MR) is 140 cm³/mol. The van der Waals surface area contributed by atoms with E-state index in [0.29, 0.717) is 11.8 Å². The SMILES string of the molecule is C.CC(=O)OOC(C)=O.CN(C)Cc1ccc(=O)[nH]c1.CNC.O=Cc1ccc(=O)[nH]c1.[B-]OC(C)=O.[Na+]. The molecule has 2 heterocycles. The van der Waals surface area contributed by atoms with Gasteiger partial charge in [0.1, 0.15) is 0 Å². The number of aromatic amines is 2. The van der Waals surface area contributed by atoms with Gasteiger partial charge in [-0.2, -0.15) is 0 Å². The Morgan fingerprint density at radius 2 is 1.29 bits per heavy atom. The van der Waals surface area contributed by atoms with Crippen molar-refractivity contribution in [2.24, 2.45) is 0 Å². The molecule has 2 rings (SSSR count). The standard InChI is InChI=1S/C8H12N2O.C6H5NO2.C4H6O4.C2H3BO2.C2H7N.CH4.Na/c1-10(2)6-7-3-4-8(11)9-5-7;8-4-5-1-2-6(9)7-3-5;1-3(5)7-8-4(2)6;1-2(4)5-3;1-3-2;;/h3-5H,6H2,1-2H3,(H,9,11);1-4H,(H,7,9);1-2H3;1H3;3H,1-2H3;1H4;/q;;;-1;;;+1. The summed E-state index contributed by atoms with van der Waals surface area (Å²) in [5.74, 6) is -1.74. The van der Waals surface area contributed by atoms with Crippen LogP contribution >= 0.6 is 0 Å². The second kappa shape index (κ2) is 30.2. The van der Waals surface area contributed by atoms with Crippen molar-refractivity contribution in [2.45, 2.75) is 34.7 Å². The van der Waals surface area contributed by atoms with Crippen molar-refractivity contribution in [3.63, 3.8) is 0 Å². The van der Waals surface area contributed by atoms with E-state index in [1.54, 1.807) is 12.3 Å². The zero-order chi connectivity index (χ0) is 28.5. The van der Waals surface area contributed by atoms with Gasteiger partial charge < -0.3 is 32.9 Å². The maximum Gasteiger partial charge on any atom is 1.00 e. The van der Waals surface area contributed by atoms with E-state index >= 15 is 0 Å². The third-order valence-corrected chi connectivity index (χ3v) is 2.73. The van der Waals surface area contributed by atoms with Crippen molar-refractivity contribution in [2.75, 3.05) is 28.2 Å². The fourth-order valence-electron chi connectivity index (χ4n) is 1.52. The normalized spacial score (nSPS) is 8.13. The Labute approximate surface area is 246 Å². The summed E-state index contributed by atoms with van der Waals surface area (Å²) in [6, 6.07) is 6.15. The summed E-state index contributed by atoms with van der Waals surface area (Å²) in [5.41, 5.74) is 1.36. The quantitative estimate of drug-likeness (QED) is 0.164. The zero-order valence-corrected chi connectivity index (χ0v) is 24.4. The summed E-state index contributed by atoms with van der Waals surface area (Å²) in [6.45, 7) is 4.38. The molecule has 3 N–H and O–H groups in total. The average Bonchev–Trinajstić information content (AvgIpc) is 2.81. The molecular weight excluding hydrogens is 510 g/mol. The van der Waals surface area contributed by atoms with E-state index in [1.807, 2.05) is 39.2 Å². The van der Waals surface area contributed by atoms with Crippen LogP contribution in [-0.4, -0.2) is 75.3 Å². The fraction of sp³-hybridized carbons (Fsp3) is 0.391. The van der Waals surface area contributed by atoms with Crippen LogP contribution in [0.15, 0.2) is 46.2 Å². The van der Waals surface area contributed by atoms with Gasteiger partial charge in [-0.1, -0.05) is 13.5 Å². The smallest absolute Gasteiger partial charge is 0.793 e. The Kier molecular flexibility index (Phi) is 35.7. The summed E-state index contributed by atoms with van der Waals surface area (Å²) in [4.78, 5) is 74.8. The molecule has 0 aliphatic carbocycles. The van der Waals surface area contributed by atoms with Crippen molar-refractivity contribution in [3.8, 4) is 0 Å². The number of hydrogen-bond donors (Lipinski definition) is 3. The number of nitrogens with zero attached hydrogens (tertiary/aromatic N) is 1. The summed E-state index contributed by atoms with van der Waals surface area (Å²) in [6.07, 6.45) is 3.79. The molecule has 0 atom stereocenters. The van der Waals surface area contributed by atoms with Crippen LogP contribution in [0.4, 0.5) is 0 Å². The summed E-state index contributed by atoms with van der Waals surface area (Å²) in [7, 11) is 12.1. The molecule has 0 aliphatic rings. The Balaban J connectivity index is -0.000000124. The van der Waals surface area contributed by atoms with Gasteiger partial charge in [0.2, 0.25) is 17.1 Å². The van der Waals surface area contributed by atoms with Crippen LogP contribution < -0.4 is 46.0 Å². The summed E-state index contributed by atoms with van der Waals surface area (Å²) < 4.78 is 3.61. The van der Waals surface area contributed by atoms with Crippen molar-refractivity contribution < 1.29 is 63.2 Å². The Hall–Kier alpha value is -3.04. The first-order valence-electron chi connectivity index (χ1n) is 10.1. The van der Waals surface area contributed by atoms with Crippen LogP contribution in [0.3, 0.4) is 0 Å². The minimum absolute atomic E-state index is 0. The number of nitrogens with one attached hydrogen (secondary N) is 3. The van der Waals surface area contributed by atoms with E-state index < -0.39 is 17.9 Å². The number of carbonyl (C=O) groups is 4. The third kappa shape index (κ3) is 37.5. The Bertz CT molecular complexity index is 960. The number of H-pyrrole nitrogens is 2. The molecule has 2 aromatic rings. The number of carbonyl (C=O) groups excluding carboxylic acids is 4. The molecule has 0 saturated carbocycles. The van der Waals surface area contributed by atoms with Gasteiger partial charge in [0, 0.05) is 57.4 Å². The molecule has 0 aliphatic heterocycles. The van der Waals surface area contributed by atoms with Crippen LogP contribution in [0.25, 0.3) is 0 Å². The molecule has 0 bridgehead atoms. The van der Waals surface area contributed by atoms with Crippen molar-refractivity contribution in [3.05, 3.63) is 68.5 Å². The molecule has 0 fully saturated rings. The molecule has 0 amide bonds. The van der Waals surface area contributed by atoms with Gasteiger partial charge in [-0.05, 0) is 39.8 Å². The topological polar surface area (TPSA) is 177 Å². The van der Waals surface area contributed by atoms with Crippen LogP contribution in [0.1, 0.15) is 44.1 Å². The van der Waals surface area contributed by atoms with Crippen LogP contribution in [0, 0.1) is 0 Å². The largest absolute Gasteiger partial charge is 1.00 e. The van der Waals surface area contributed by atoms with Gasteiger partial charge >= 0.3 is 41.5 Å². The molecule has 0 saturated heterocycles. The molecule has 0 unspecified atom stereocenters.